The zero-order valence-electron chi connectivity index (χ0n) is 16.2. The number of likely N-dealkylation sites (tertiary alicyclic amines) is 1. The first-order valence-electron chi connectivity index (χ1n) is 9.99. The van der Waals surface area contributed by atoms with Crippen LogP contribution in [0.2, 0.25) is 0 Å². The second kappa shape index (κ2) is 11.7. The predicted molar refractivity (Wildman–Crippen MR) is 105 cm³/mol. The van der Waals surface area contributed by atoms with Gasteiger partial charge in [0.1, 0.15) is 6.04 Å². The highest BCUT2D eigenvalue weighted by Gasteiger charge is 2.25. The molecule has 0 spiro atoms. The molecule has 0 bridgehead atoms. The highest BCUT2D eigenvalue weighted by Crippen LogP contribution is 2.14. The number of rotatable bonds is 9. The third-order valence-electron chi connectivity index (χ3n) is 4.94. The number of aryl methyl sites for hydroxylation is 1. The quantitative estimate of drug-likeness (QED) is 0.645. The van der Waals surface area contributed by atoms with Crippen LogP contribution in [-0.2, 0) is 20.7 Å². The Morgan fingerprint density at radius 2 is 2.04 bits per heavy atom. The van der Waals surface area contributed by atoms with Crippen molar-refractivity contribution in [1.29, 1.82) is 0 Å². The first-order chi connectivity index (χ1) is 13.1. The van der Waals surface area contributed by atoms with E-state index in [2.05, 4.69) is 17.4 Å². The molecule has 150 valence electrons. The maximum absolute atomic E-state index is 12.5. The van der Waals surface area contributed by atoms with Crippen molar-refractivity contribution in [1.82, 2.24) is 10.2 Å². The standard InChI is InChI=1S/C21H32N2O4/c1-2-27-21(26)19(13-12-17-9-5-3-6-10-17)22-18-11-7-4-8-14-23(15-18)16-20(24)25/h3,5-6,9-10,18-19,22H,2,4,7-8,11-16H2,1H3,(H,24,25)/t18?,19-/m0/s1. The predicted octanol–water partition coefficient (Wildman–Crippen LogP) is 2.47. The number of esters is 1. The summed E-state index contributed by atoms with van der Waals surface area (Å²) in [5.41, 5.74) is 1.19. The van der Waals surface area contributed by atoms with Gasteiger partial charge in [-0.3, -0.25) is 14.5 Å². The van der Waals surface area contributed by atoms with E-state index in [-0.39, 0.29) is 24.6 Å². The van der Waals surface area contributed by atoms with Crippen LogP contribution in [0.5, 0.6) is 0 Å². The van der Waals surface area contributed by atoms with E-state index < -0.39 is 5.97 Å². The Morgan fingerprint density at radius 3 is 2.74 bits per heavy atom. The fourth-order valence-corrected chi connectivity index (χ4v) is 3.62. The zero-order valence-corrected chi connectivity index (χ0v) is 16.2. The maximum Gasteiger partial charge on any atom is 0.323 e. The van der Waals surface area contributed by atoms with Gasteiger partial charge < -0.3 is 15.2 Å². The van der Waals surface area contributed by atoms with E-state index >= 15 is 0 Å². The minimum atomic E-state index is -0.805. The molecule has 27 heavy (non-hydrogen) atoms. The van der Waals surface area contributed by atoms with Gasteiger partial charge in [-0.2, -0.15) is 0 Å². The Morgan fingerprint density at radius 1 is 1.26 bits per heavy atom. The number of carboxylic acids is 1. The molecule has 1 heterocycles. The topological polar surface area (TPSA) is 78.9 Å². The molecule has 2 N–H and O–H groups in total. The summed E-state index contributed by atoms with van der Waals surface area (Å²) in [7, 11) is 0. The van der Waals surface area contributed by atoms with Crippen molar-refractivity contribution in [2.75, 3.05) is 26.2 Å². The molecular weight excluding hydrogens is 344 g/mol. The zero-order chi connectivity index (χ0) is 19.5. The van der Waals surface area contributed by atoms with Crippen molar-refractivity contribution in [2.45, 2.75) is 57.5 Å². The van der Waals surface area contributed by atoms with Gasteiger partial charge >= 0.3 is 11.9 Å². The molecule has 1 aliphatic rings. The molecule has 2 atom stereocenters. The van der Waals surface area contributed by atoms with Crippen LogP contribution in [0, 0.1) is 0 Å². The number of ether oxygens (including phenoxy) is 1. The summed E-state index contributed by atoms with van der Waals surface area (Å²) in [6, 6.07) is 9.83. The molecule has 1 aliphatic heterocycles. The first-order valence-corrected chi connectivity index (χ1v) is 9.99. The van der Waals surface area contributed by atoms with Crippen LogP contribution in [0.1, 0.15) is 44.6 Å². The highest BCUT2D eigenvalue weighted by molar-refractivity contribution is 5.75. The molecule has 2 rings (SSSR count). The fourth-order valence-electron chi connectivity index (χ4n) is 3.62. The molecule has 1 aromatic rings. The SMILES string of the molecule is CCOC(=O)[C@H](CCc1ccccc1)NC1CCCCCN(CC(=O)O)C1. The minimum absolute atomic E-state index is 0.0479. The molecular formula is C21H32N2O4. The monoisotopic (exact) mass is 376 g/mol. The Hall–Kier alpha value is -1.92. The normalized spacial score (nSPS) is 19.7. The summed E-state index contributed by atoms with van der Waals surface area (Å²) in [6.45, 7) is 3.66. The van der Waals surface area contributed by atoms with Crippen LogP contribution in [-0.4, -0.2) is 60.3 Å². The average Bonchev–Trinajstić information content (AvgIpc) is 2.62. The van der Waals surface area contributed by atoms with Gasteiger partial charge in [-0.15, -0.1) is 0 Å². The number of hydrogen-bond donors (Lipinski definition) is 2. The molecule has 0 amide bonds. The van der Waals surface area contributed by atoms with Crippen molar-refractivity contribution in [3.63, 3.8) is 0 Å². The van der Waals surface area contributed by atoms with Gasteiger partial charge in [0.25, 0.3) is 0 Å². The lowest BCUT2D eigenvalue weighted by Gasteiger charge is -2.31. The molecule has 1 aromatic carbocycles. The number of carbonyl (C=O) groups is 2. The summed E-state index contributed by atoms with van der Waals surface area (Å²) in [6.07, 6.45) is 5.60. The van der Waals surface area contributed by atoms with E-state index in [0.29, 0.717) is 19.6 Å². The molecule has 6 heteroatoms. The average molecular weight is 376 g/mol. The van der Waals surface area contributed by atoms with E-state index in [0.717, 1.165) is 38.6 Å². The van der Waals surface area contributed by atoms with Gasteiger partial charge in [0.15, 0.2) is 0 Å². The van der Waals surface area contributed by atoms with E-state index in [4.69, 9.17) is 9.84 Å². The molecule has 0 aromatic heterocycles. The lowest BCUT2D eigenvalue weighted by Crippen LogP contribution is -2.50. The van der Waals surface area contributed by atoms with Gasteiger partial charge in [0.2, 0.25) is 0 Å². The van der Waals surface area contributed by atoms with Crippen molar-refractivity contribution in [3.05, 3.63) is 35.9 Å². The number of nitrogens with one attached hydrogen (secondary N) is 1. The van der Waals surface area contributed by atoms with Crippen LogP contribution in [0.3, 0.4) is 0 Å². The number of carboxylic acid groups (broad SMARTS) is 1. The fraction of sp³-hybridized carbons (Fsp3) is 0.619. The third-order valence-corrected chi connectivity index (χ3v) is 4.94. The Labute approximate surface area is 161 Å². The van der Waals surface area contributed by atoms with Crippen LogP contribution in [0.25, 0.3) is 0 Å². The van der Waals surface area contributed by atoms with Crippen LogP contribution < -0.4 is 5.32 Å². The van der Waals surface area contributed by atoms with Crippen LogP contribution in [0.15, 0.2) is 30.3 Å². The molecule has 6 nitrogen and oxygen atoms in total. The Kier molecular flexibility index (Phi) is 9.28. The van der Waals surface area contributed by atoms with Crippen molar-refractivity contribution in [2.24, 2.45) is 0 Å². The summed E-state index contributed by atoms with van der Waals surface area (Å²) in [4.78, 5) is 25.5. The molecule has 0 radical (unpaired) electrons. The van der Waals surface area contributed by atoms with E-state index in [1.54, 1.807) is 0 Å². The van der Waals surface area contributed by atoms with E-state index in [1.807, 2.05) is 30.0 Å². The molecule has 0 saturated carbocycles. The number of carbonyl (C=O) groups excluding carboxylic acids is 1. The second-order valence-electron chi connectivity index (χ2n) is 7.17. The number of benzene rings is 1. The van der Waals surface area contributed by atoms with Gasteiger partial charge in [0.05, 0.1) is 13.2 Å². The van der Waals surface area contributed by atoms with Gasteiger partial charge in [-0.05, 0) is 44.7 Å². The van der Waals surface area contributed by atoms with Crippen molar-refractivity contribution < 1.29 is 19.4 Å². The largest absolute Gasteiger partial charge is 0.480 e. The van der Waals surface area contributed by atoms with E-state index in [9.17, 15) is 9.59 Å². The molecule has 0 aliphatic carbocycles. The summed E-state index contributed by atoms with van der Waals surface area (Å²) >= 11 is 0. The number of nitrogens with zero attached hydrogens (tertiary/aromatic N) is 1. The third kappa shape index (κ3) is 8.10. The molecule has 1 unspecified atom stereocenters. The maximum atomic E-state index is 12.5. The highest BCUT2D eigenvalue weighted by atomic mass is 16.5. The Balaban J connectivity index is 1.99. The van der Waals surface area contributed by atoms with Crippen LogP contribution in [0.4, 0.5) is 0 Å². The molecule has 1 saturated heterocycles. The summed E-state index contributed by atoms with van der Waals surface area (Å²) in [5, 5.41) is 12.6. The van der Waals surface area contributed by atoms with Gasteiger partial charge in [0, 0.05) is 12.6 Å². The summed E-state index contributed by atoms with van der Waals surface area (Å²) in [5.74, 6) is -1.03. The minimum Gasteiger partial charge on any atom is -0.480 e. The van der Waals surface area contributed by atoms with Crippen molar-refractivity contribution in [3.8, 4) is 0 Å². The Bertz CT molecular complexity index is 579. The number of hydrogen-bond acceptors (Lipinski definition) is 5. The van der Waals surface area contributed by atoms with Crippen molar-refractivity contribution >= 4 is 11.9 Å². The van der Waals surface area contributed by atoms with Gasteiger partial charge in [-0.25, -0.2) is 0 Å². The summed E-state index contributed by atoms with van der Waals surface area (Å²) < 4.78 is 5.27. The van der Waals surface area contributed by atoms with Gasteiger partial charge in [-0.1, -0.05) is 43.2 Å². The number of aliphatic carboxylic acids is 1. The molecule has 1 fully saturated rings. The lowest BCUT2D eigenvalue weighted by molar-refractivity contribution is -0.146. The second-order valence-corrected chi connectivity index (χ2v) is 7.17. The van der Waals surface area contributed by atoms with E-state index in [1.165, 1.54) is 5.56 Å². The first kappa shape index (κ1) is 21.4. The smallest absolute Gasteiger partial charge is 0.323 e. The van der Waals surface area contributed by atoms with Crippen LogP contribution >= 0.6 is 0 Å². The lowest BCUT2D eigenvalue weighted by atomic mass is 10.0.